The minimum absolute atomic E-state index is 0.322. The highest BCUT2D eigenvalue weighted by Gasteiger charge is 2.25. The zero-order chi connectivity index (χ0) is 9.97. The van der Waals surface area contributed by atoms with Gasteiger partial charge in [0, 0.05) is 0 Å². The second kappa shape index (κ2) is 4.01. The predicted octanol–water partition coefficient (Wildman–Crippen LogP) is 2.53. The van der Waals surface area contributed by atoms with Crippen LogP contribution in [-0.4, -0.2) is 12.2 Å². The van der Waals surface area contributed by atoms with Gasteiger partial charge in [-0.3, -0.25) is 0 Å². The van der Waals surface area contributed by atoms with Crippen molar-refractivity contribution >= 4 is 0 Å². The van der Waals surface area contributed by atoms with Crippen molar-refractivity contribution < 1.29 is 9.84 Å². The summed E-state index contributed by atoms with van der Waals surface area (Å²) in [5.41, 5.74) is 0.969. The molecular formula is C12H16O2. The van der Waals surface area contributed by atoms with Gasteiger partial charge in [0.2, 0.25) is 0 Å². The van der Waals surface area contributed by atoms with Gasteiger partial charge in [0.25, 0.3) is 0 Å². The summed E-state index contributed by atoms with van der Waals surface area (Å²) in [6.07, 6.45) is 3.13. The van der Waals surface area contributed by atoms with Gasteiger partial charge in [-0.05, 0) is 30.0 Å². The maximum Gasteiger partial charge on any atom is 0.119 e. The Labute approximate surface area is 84.5 Å². The summed E-state index contributed by atoms with van der Waals surface area (Å²) in [6.45, 7) is 0. The topological polar surface area (TPSA) is 29.5 Å². The number of rotatable bonds is 4. The second-order valence-electron chi connectivity index (χ2n) is 3.97. The molecule has 2 heteroatoms. The summed E-state index contributed by atoms with van der Waals surface area (Å²) < 4.78 is 5.11. The molecule has 0 spiro atoms. The molecule has 1 saturated carbocycles. The Morgan fingerprint density at radius 2 is 2.29 bits per heavy atom. The first kappa shape index (κ1) is 9.53. The summed E-state index contributed by atoms with van der Waals surface area (Å²) in [6, 6.07) is 7.68. The molecule has 0 heterocycles. The molecule has 76 valence electrons. The lowest BCUT2D eigenvalue weighted by Crippen LogP contribution is -1.98. The van der Waals surface area contributed by atoms with Crippen molar-refractivity contribution in [2.75, 3.05) is 7.11 Å². The zero-order valence-electron chi connectivity index (χ0n) is 8.44. The van der Waals surface area contributed by atoms with E-state index in [2.05, 4.69) is 0 Å². The van der Waals surface area contributed by atoms with E-state index in [9.17, 15) is 5.11 Å². The van der Waals surface area contributed by atoms with E-state index >= 15 is 0 Å². The molecule has 0 saturated heterocycles. The van der Waals surface area contributed by atoms with Gasteiger partial charge in [-0.1, -0.05) is 25.0 Å². The van der Waals surface area contributed by atoms with Crippen molar-refractivity contribution in [2.24, 2.45) is 5.92 Å². The molecule has 1 N–H and O–H groups in total. The first-order valence-electron chi connectivity index (χ1n) is 5.11. The lowest BCUT2D eigenvalue weighted by atomic mass is 10.0. The number of methoxy groups -OCH3 is 1. The van der Waals surface area contributed by atoms with E-state index in [1.807, 2.05) is 24.3 Å². The van der Waals surface area contributed by atoms with Crippen LogP contribution in [0.25, 0.3) is 0 Å². The van der Waals surface area contributed by atoms with Crippen molar-refractivity contribution in [3.05, 3.63) is 29.8 Å². The van der Waals surface area contributed by atoms with E-state index in [0.717, 1.165) is 23.7 Å². The Balaban J connectivity index is 2.05. The van der Waals surface area contributed by atoms with Crippen LogP contribution in [0.2, 0.25) is 0 Å². The molecule has 1 fully saturated rings. The molecule has 1 atom stereocenters. The molecule has 1 aromatic carbocycles. The Kier molecular flexibility index (Phi) is 2.73. The standard InChI is InChI=1S/C12H16O2/c1-14-11-4-2-3-10(8-11)12(13)7-9-5-6-9/h2-4,8-9,12-13H,5-7H2,1H3. The fraction of sp³-hybridized carbons (Fsp3) is 0.500. The van der Waals surface area contributed by atoms with Gasteiger partial charge in [-0.2, -0.15) is 0 Å². The molecule has 1 aromatic rings. The lowest BCUT2D eigenvalue weighted by molar-refractivity contribution is 0.160. The van der Waals surface area contributed by atoms with Crippen LogP contribution in [0.3, 0.4) is 0 Å². The fourth-order valence-electron chi connectivity index (χ4n) is 1.65. The van der Waals surface area contributed by atoms with Gasteiger partial charge in [-0.25, -0.2) is 0 Å². The minimum atomic E-state index is -0.322. The largest absolute Gasteiger partial charge is 0.497 e. The highest BCUT2D eigenvalue weighted by Crippen LogP contribution is 2.37. The predicted molar refractivity (Wildman–Crippen MR) is 55.3 cm³/mol. The van der Waals surface area contributed by atoms with Crippen molar-refractivity contribution in [2.45, 2.75) is 25.4 Å². The molecule has 1 aliphatic rings. The lowest BCUT2D eigenvalue weighted by Gasteiger charge is -2.11. The van der Waals surface area contributed by atoms with Crippen LogP contribution in [0, 0.1) is 5.92 Å². The molecule has 0 aromatic heterocycles. The molecule has 0 radical (unpaired) electrons. The summed E-state index contributed by atoms with van der Waals surface area (Å²) in [4.78, 5) is 0. The van der Waals surface area contributed by atoms with Crippen LogP contribution in [0.5, 0.6) is 5.75 Å². The third kappa shape index (κ3) is 2.26. The van der Waals surface area contributed by atoms with Gasteiger partial charge in [0.1, 0.15) is 5.75 Å². The zero-order valence-corrected chi connectivity index (χ0v) is 8.44. The number of hydrogen-bond acceptors (Lipinski definition) is 2. The molecule has 1 unspecified atom stereocenters. The first-order valence-corrected chi connectivity index (χ1v) is 5.11. The Hall–Kier alpha value is -1.02. The molecule has 2 rings (SSSR count). The monoisotopic (exact) mass is 192 g/mol. The Bertz CT molecular complexity index is 305. The first-order chi connectivity index (χ1) is 6.79. The highest BCUT2D eigenvalue weighted by atomic mass is 16.5. The maximum atomic E-state index is 9.90. The van der Waals surface area contributed by atoms with Crippen molar-refractivity contribution in [3.8, 4) is 5.75 Å². The second-order valence-corrected chi connectivity index (χ2v) is 3.97. The van der Waals surface area contributed by atoms with E-state index < -0.39 is 0 Å². The number of aliphatic hydroxyl groups is 1. The summed E-state index contributed by atoms with van der Waals surface area (Å²) in [7, 11) is 1.65. The van der Waals surface area contributed by atoms with Crippen molar-refractivity contribution in [3.63, 3.8) is 0 Å². The van der Waals surface area contributed by atoms with Crippen LogP contribution >= 0.6 is 0 Å². The number of benzene rings is 1. The molecule has 0 aliphatic heterocycles. The maximum absolute atomic E-state index is 9.90. The molecule has 1 aliphatic carbocycles. The molecule has 0 amide bonds. The molecule has 2 nitrogen and oxygen atoms in total. The van der Waals surface area contributed by atoms with E-state index in [-0.39, 0.29) is 6.10 Å². The average molecular weight is 192 g/mol. The van der Waals surface area contributed by atoms with E-state index in [1.54, 1.807) is 7.11 Å². The van der Waals surface area contributed by atoms with Gasteiger partial charge >= 0.3 is 0 Å². The minimum Gasteiger partial charge on any atom is -0.497 e. The van der Waals surface area contributed by atoms with E-state index in [4.69, 9.17) is 4.74 Å². The average Bonchev–Trinajstić information content (AvgIpc) is 3.02. The SMILES string of the molecule is COc1cccc(C(O)CC2CC2)c1. The highest BCUT2D eigenvalue weighted by molar-refractivity contribution is 5.29. The van der Waals surface area contributed by atoms with E-state index in [1.165, 1.54) is 12.8 Å². The third-order valence-corrected chi connectivity index (χ3v) is 2.73. The summed E-state index contributed by atoms with van der Waals surface area (Å²) in [5, 5.41) is 9.90. The fourth-order valence-corrected chi connectivity index (χ4v) is 1.65. The van der Waals surface area contributed by atoms with Crippen LogP contribution in [-0.2, 0) is 0 Å². The normalized spacial score (nSPS) is 17.9. The summed E-state index contributed by atoms with van der Waals surface area (Å²) in [5.74, 6) is 1.56. The number of aliphatic hydroxyl groups excluding tert-OH is 1. The molecule has 14 heavy (non-hydrogen) atoms. The molecule has 0 bridgehead atoms. The quantitative estimate of drug-likeness (QED) is 0.794. The van der Waals surface area contributed by atoms with E-state index in [0.29, 0.717) is 0 Å². The van der Waals surface area contributed by atoms with Crippen molar-refractivity contribution in [1.29, 1.82) is 0 Å². The van der Waals surface area contributed by atoms with Crippen LogP contribution in [0.15, 0.2) is 24.3 Å². The Morgan fingerprint density at radius 3 is 2.93 bits per heavy atom. The Morgan fingerprint density at radius 1 is 1.50 bits per heavy atom. The van der Waals surface area contributed by atoms with Gasteiger partial charge < -0.3 is 9.84 Å². The smallest absolute Gasteiger partial charge is 0.119 e. The number of hydrogen-bond donors (Lipinski definition) is 1. The molecular weight excluding hydrogens is 176 g/mol. The van der Waals surface area contributed by atoms with Gasteiger partial charge in [-0.15, -0.1) is 0 Å². The van der Waals surface area contributed by atoms with Crippen molar-refractivity contribution in [1.82, 2.24) is 0 Å². The summed E-state index contributed by atoms with van der Waals surface area (Å²) >= 11 is 0. The van der Waals surface area contributed by atoms with Gasteiger partial charge in [0.15, 0.2) is 0 Å². The van der Waals surface area contributed by atoms with Crippen LogP contribution in [0.1, 0.15) is 30.9 Å². The third-order valence-electron chi connectivity index (χ3n) is 2.73. The van der Waals surface area contributed by atoms with Crippen LogP contribution in [0.4, 0.5) is 0 Å². The van der Waals surface area contributed by atoms with Gasteiger partial charge in [0.05, 0.1) is 13.2 Å². The number of ether oxygens (including phenoxy) is 1. The van der Waals surface area contributed by atoms with Crippen LogP contribution < -0.4 is 4.74 Å².